The highest BCUT2D eigenvalue weighted by Crippen LogP contribution is 2.63. The van der Waals surface area contributed by atoms with Crippen LogP contribution in [0, 0.1) is 0 Å². The Morgan fingerprint density at radius 2 is 0.524 bits per heavy atom. The van der Waals surface area contributed by atoms with Gasteiger partial charge in [-0.2, -0.15) is 0 Å². The van der Waals surface area contributed by atoms with Crippen LogP contribution in [0.5, 0.6) is 0 Å². The highest BCUT2D eigenvalue weighted by Gasteiger charge is 2.36. The second kappa shape index (κ2) is 18.6. The summed E-state index contributed by atoms with van der Waals surface area (Å²) in [7, 11) is 0. The molecule has 0 spiro atoms. The van der Waals surface area contributed by atoms with Crippen LogP contribution >= 0.6 is 0 Å². The molecule has 0 aromatic heterocycles. The first-order valence-corrected chi connectivity index (χ1v) is 28.9. The summed E-state index contributed by atoms with van der Waals surface area (Å²) in [4.78, 5) is 0. The number of benzene rings is 14. The van der Waals surface area contributed by atoms with Gasteiger partial charge in [-0.1, -0.05) is 279 Å². The Balaban J connectivity index is 0.996. The lowest BCUT2D eigenvalue weighted by atomic mass is 9.79. The zero-order chi connectivity index (χ0) is 53.8. The van der Waals surface area contributed by atoms with Crippen molar-refractivity contribution in [1.29, 1.82) is 0 Å². The van der Waals surface area contributed by atoms with Gasteiger partial charge in [-0.05, 0) is 202 Å². The van der Waals surface area contributed by atoms with Crippen LogP contribution in [0.4, 0.5) is 0 Å². The smallest absolute Gasteiger partial charge is 0.000718 e. The van der Waals surface area contributed by atoms with E-state index in [0.717, 1.165) is 12.8 Å². The van der Waals surface area contributed by atoms with Gasteiger partial charge in [0.1, 0.15) is 0 Å². The molecule has 17 rings (SSSR count). The molecule has 380 valence electrons. The van der Waals surface area contributed by atoms with Crippen LogP contribution in [0.25, 0.3) is 171 Å². The van der Waals surface area contributed by atoms with E-state index < -0.39 is 0 Å². The van der Waals surface area contributed by atoms with Crippen LogP contribution in [0.1, 0.15) is 18.4 Å². The summed E-state index contributed by atoms with van der Waals surface area (Å²) >= 11 is 0. The monoisotopic (exact) mass is 1040 g/mol. The van der Waals surface area contributed by atoms with Crippen LogP contribution in [0.15, 0.2) is 291 Å². The van der Waals surface area contributed by atoms with Gasteiger partial charge in [-0.25, -0.2) is 0 Å². The minimum absolute atomic E-state index is 1.01. The summed E-state index contributed by atoms with van der Waals surface area (Å²) in [5.74, 6) is 0. The van der Waals surface area contributed by atoms with Crippen molar-refractivity contribution in [1.82, 2.24) is 0 Å². The number of rotatable bonds is 8. The molecule has 82 heavy (non-hydrogen) atoms. The van der Waals surface area contributed by atoms with E-state index in [4.69, 9.17) is 0 Å². The fourth-order valence-corrected chi connectivity index (χ4v) is 14.7. The fraction of sp³-hybridized carbons (Fsp3) is 0.0244. The minimum Gasteiger partial charge on any atom is -0.0842 e. The van der Waals surface area contributed by atoms with Gasteiger partial charge < -0.3 is 0 Å². The van der Waals surface area contributed by atoms with Gasteiger partial charge in [0.25, 0.3) is 0 Å². The lowest BCUT2D eigenvalue weighted by Gasteiger charge is -2.23. The van der Waals surface area contributed by atoms with Gasteiger partial charge in [0.05, 0.1) is 0 Å². The summed E-state index contributed by atoms with van der Waals surface area (Å²) in [6.45, 7) is 0. The molecular formula is C82H52. The maximum Gasteiger partial charge on any atom is -0.000718 e. The van der Waals surface area contributed by atoms with Crippen LogP contribution in [0.3, 0.4) is 0 Å². The topological polar surface area (TPSA) is 0 Å². The maximum absolute atomic E-state index is 2.59. The van der Waals surface area contributed by atoms with Gasteiger partial charge in [-0.3, -0.25) is 0 Å². The third kappa shape index (κ3) is 6.92. The summed E-state index contributed by atoms with van der Waals surface area (Å²) in [5.41, 5.74) is 30.4. The Bertz CT molecular complexity index is 4920. The molecule has 0 N–H and O–H groups in total. The van der Waals surface area contributed by atoms with E-state index in [9.17, 15) is 0 Å². The summed E-state index contributed by atoms with van der Waals surface area (Å²) in [5, 5.41) is 10.2. The second-order valence-corrected chi connectivity index (χ2v) is 22.3. The van der Waals surface area contributed by atoms with E-state index in [0.29, 0.717) is 0 Å². The first-order chi connectivity index (χ1) is 40.8. The molecular weight excluding hydrogens is 985 g/mol. The molecule has 0 radical (unpaired) electrons. The van der Waals surface area contributed by atoms with Crippen molar-refractivity contribution in [2.75, 3.05) is 0 Å². The zero-order valence-corrected chi connectivity index (χ0v) is 45.1. The highest BCUT2D eigenvalue weighted by molar-refractivity contribution is 6.34. The summed E-state index contributed by atoms with van der Waals surface area (Å²) in [6, 6.07) is 103. The average Bonchev–Trinajstić information content (AvgIpc) is 1.83. The van der Waals surface area contributed by atoms with Crippen molar-refractivity contribution in [3.05, 3.63) is 297 Å². The summed E-state index contributed by atoms with van der Waals surface area (Å²) < 4.78 is 0. The van der Waals surface area contributed by atoms with E-state index in [1.165, 1.54) is 177 Å². The molecule has 14 aromatic rings. The van der Waals surface area contributed by atoms with Crippen molar-refractivity contribution < 1.29 is 0 Å². The first kappa shape index (κ1) is 46.5. The van der Waals surface area contributed by atoms with Crippen molar-refractivity contribution in [2.45, 2.75) is 12.8 Å². The first-order valence-electron chi connectivity index (χ1n) is 28.9. The molecule has 0 amide bonds. The maximum atomic E-state index is 2.59. The second-order valence-electron chi connectivity index (χ2n) is 22.3. The molecule has 0 bridgehead atoms. The highest BCUT2D eigenvalue weighted by atomic mass is 14.4. The predicted octanol–water partition coefficient (Wildman–Crippen LogP) is 23.0. The van der Waals surface area contributed by atoms with E-state index in [1.807, 2.05) is 0 Å². The molecule has 3 aliphatic rings. The van der Waals surface area contributed by atoms with Crippen LogP contribution < -0.4 is 0 Å². The Hall–Kier alpha value is -10.4. The Labute approximate surface area is 477 Å². The molecule has 0 nitrogen and oxygen atoms in total. The van der Waals surface area contributed by atoms with E-state index >= 15 is 0 Å². The lowest BCUT2D eigenvalue weighted by molar-refractivity contribution is 1.05. The SMILES string of the molecule is C1=CCCC(c2ccccc2-c2c3ccccc3c(-c3ccccc3-c3ccccc3)c3cc4c(cc23)-c2ccc3c5c(ccc-4c25)-c2c-3c(-c3ccccc3-c3ccccc3)c3ccccc3c2-c2ccccc2-c2ccccc2)=C1. The zero-order valence-electron chi connectivity index (χ0n) is 45.1. The molecule has 0 heteroatoms. The Morgan fingerprint density at radius 3 is 0.927 bits per heavy atom. The van der Waals surface area contributed by atoms with Crippen molar-refractivity contribution in [2.24, 2.45) is 0 Å². The molecule has 0 saturated carbocycles. The van der Waals surface area contributed by atoms with Crippen molar-refractivity contribution in [3.63, 3.8) is 0 Å². The molecule has 0 saturated heterocycles. The molecule has 0 unspecified atom stereocenters. The molecule has 3 aliphatic carbocycles. The number of hydrogen-bond acceptors (Lipinski definition) is 0. The third-order valence-electron chi connectivity index (χ3n) is 18.1. The van der Waals surface area contributed by atoms with E-state index in [1.54, 1.807) is 0 Å². The van der Waals surface area contributed by atoms with Crippen molar-refractivity contribution in [3.8, 4) is 122 Å². The average molecular weight is 1040 g/mol. The molecule has 0 atom stereocenters. The van der Waals surface area contributed by atoms with Crippen LogP contribution in [-0.2, 0) is 0 Å². The number of fused-ring (bicyclic) bond motifs is 9. The quantitative estimate of drug-likeness (QED) is 0.133. The minimum atomic E-state index is 1.01. The Kier molecular flexibility index (Phi) is 10.5. The van der Waals surface area contributed by atoms with Crippen LogP contribution in [-0.4, -0.2) is 0 Å². The van der Waals surface area contributed by atoms with E-state index in [-0.39, 0.29) is 0 Å². The predicted molar refractivity (Wildman–Crippen MR) is 350 cm³/mol. The number of allylic oxidation sites excluding steroid dienone is 4. The molecule has 0 heterocycles. The fourth-order valence-electron chi connectivity index (χ4n) is 14.7. The number of hydrogen-bond donors (Lipinski definition) is 0. The van der Waals surface area contributed by atoms with Gasteiger partial charge in [0.2, 0.25) is 0 Å². The molecule has 0 fully saturated rings. The standard InChI is InChI=1S/C82H52/c1-5-25-51(26-6-1)55-33-13-17-37-59(55)75-63-41-21-22-42-64(63)76(60-38-18-14-34-56(60)52-27-7-2-8-28-52)74-50-72-68-46-48-70-80-69(47-45-67(77(68)80)71(72)49-73(74)75)81-78(61-39-19-15-35-57(61)53-29-9-3-10-30-53)65-43-23-24-44-66(65)79(82(70)81)62-40-20-16-36-58(62)54-31-11-4-12-32-54/h1-7,9-27,29-50H,8,28H2. The van der Waals surface area contributed by atoms with Gasteiger partial charge in [-0.15, -0.1) is 0 Å². The molecule has 0 aliphatic heterocycles. The van der Waals surface area contributed by atoms with Crippen molar-refractivity contribution >= 4 is 48.7 Å². The van der Waals surface area contributed by atoms with Crippen LogP contribution in [0.2, 0.25) is 0 Å². The van der Waals surface area contributed by atoms with Gasteiger partial charge in [0.15, 0.2) is 0 Å². The largest absolute Gasteiger partial charge is 0.0842 e. The third-order valence-corrected chi connectivity index (χ3v) is 18.1. The Morgan fingerprint density at radius 1 is 0.207 bits per heavy atom. The molecule has 14 aromatic carbocycles. The van der Waals surface area contributed by atoms with E-state index in [2.05, 4.69) is 291 Å². The van der Waals surface area contributed by atoms with Gasteiger partial charge >= 0.3 is 0 Å². The lowest BCUT2D eigenvalue weighted by Crippen LogP contribution is -1.97. The summed E-state index contributed by atoms with van der Waals surface area (Å²) in [6.07, 6.45) is 8.92. The normalized spacial score (nSPS) is 12.8. The van der Waals surface area contributed by atoms with Gasteiger partial charge in [0, 0.05) is 0 Å².